The quantitative estimate of drug-likeness (QED) is 0.467. The zero-order valence-electron chi connectivity index (χ0n) is 8.29. The highest BCUT2D eigenvalue weighted by atomic mass is 32.1. The lowest BCUT2D eigenvalue weighted by molar-refractivity contribution is 0.185. The Balaban J connectivity index is 3.00. The Morgan fingerprint density at radius 2 is 1.67 bits per heavy atom. The molecule has 0 aromatic carbocycles. The molecule has 0 saturated heterocycles. The largest absolute Gasteiger partial charge is 0.392 e. The summed E-state index contributed by atoms with van der Waals surface area (Å²) in [5, 5.41) is 9.19. The van der Waals surface area contributed by atoms with Crippen molar-refractivity contribution in [3.63, 3.8) is 0 Å². The Hall–Kier alpha value is 0.310. The van der Waals surface area contributed by atoms with E-state index in [2.05, 4.69) is 26.5 Å². The molecule has 1 unspecified atom stereocenters. The standard InChI is InChI=1S/C10H22OS/c1-9(2)6-4-3-5-7-10(11)8-12/h9-12H,3-8H2,1-2H3. The Kier molecular flexibility index (Phi) is 8.14. The van der Waals surface area contributed by atoms with Crippen LogP contribution in [0.4, 0.5) is 0 Å². The van der Waals surface area contributed by atoms with E-state index in [1.807, 2.05) is 0 Å². The first kappa shape index (κ1) is 12.3. The summed E-state index contributed by atoms with van der Waals surface area (Å²) in [5.41, 5.74) is 0. The van der Waals surface area contributed by atoms with Crippen molar-refractivity contribution in [2.24, 2.45) is 5.92 Å². The van der Waals surface area contributed by atoms with E-state index in [1.165, 1.54) is 19.3 Å². The van der Waals surface area contributed by atoms with Gasteiger partial charge in [0.2, 0.25) is 0 Å². The Bertz CT molecular complexity index is 93.8. The van der Waals surface area contributed by atoms with E-state index in [4.69, 9.17) is 0 Å². The van der Waals surface area contributed by atoms with Gasteiger partial charge in [0.25, 0.3) is 0 Å². The maximum absolute atomic E-state index is 9.19. The number of aliphatic hydroxyl groups excluding tert-OH is 1. The van der Waals surface area contributed by atoms with Crippen LogP contribution in [0.3, 0.4) is 0 Å². The second-order valence-corrected chi connectivity index (χ2v) is 4.23. The van der Waals surface area contributed by atoms with Gasteiger partial charge in [-0.1, -0.05) is 39.5 Å². The monoisotopic (exact) mass is 190 g/mol. The number of thiol groups is 1. The number of rotatable bonds is 7. The Labute approximate surface area is 82.0 Å². The van der Waals surface area contributed by atoms with Gasteiger partial charge in [-0.25, -0.2) is 0 Å². The molecule has 0 heterocycles. The molecule has 0 fully saturated rings. The maximum atomic E-state index is 9.19. The highest BCUT2D eigenvalue weighted by Crippen LogP contribution is 2.10. The Morgan fingerprint density at radius 1 is 1.08 bits per heavy atom. The van der Waals surface area contributed by atoms with Gasteiger partial charge in [-0.15, -0.1) is 0 Å². The van der Waals surface area contributed by atoms with Crippen molar-refractivity contribution in [2.45, 2.75) is 52.1 Å². The molecule has 0 aliphatic carbocycles. The van der Waals surface area contributed by atoms with E-state index in [-0.39, 0.29) is 6.10 Å². The predicted molar refractivity (Wildman–Crippen MR) is 57.8 cm³/mol. The molecule has 0 rings (SSSR count). The van der Waals surface area contributed by atoms with Crippen LogP contribution in [0.15, 0.2) is 0 Å². The van der Waals surface area contributed by atoms with Gasteiger partial charge in [0.05, 0.1) is 6.10 Å². The molecular weight excluding hydrogens is 168 g/mol. The van der Waals surface area contributed by atoms with Crippen LogP contribution in [0.5, 0.6) is 0 Å². The van der Waals surface area contributed by atoms with Gasteiger partial charge in [0.15, 0.2) is 0 Å². The molecule has 0 radical (unpaired) electrons. The van der Waals surface area contributed by atoms with E-state index in [0.717, 1.165) is 18.8 Å². The molecule has 1 N–H and O–H groups in total. The van der Waals surface area contributed by atoms with Crippen LogP contribution in [0, 0.1) is 5.92 Å². The molecule has 0 aromatic rings. The highest BCUT2D eigenvalue weighted by molar-refractivity contribution is 7.80. The molecule has 0 amide bonds. The Morgan fingerprint density at radius 3 is 2.17 bits per heavy atom. The fourth-order valence-electron chi connectivity index (χ4n) is 1.20. The fraction of sp³-hybridized carbons (Fsp3) is 1.00. The van der Waals surface area contributed by atoms with Crippen molar-refractivity contribution in [1.29, 1.82) is 0 Å². The van der Waals surface area contributed by atoms with Gasteiger partial charge in [-0.3, -0.25) is 0 Å². The summed E-state index contributed by atoms with van der Waals surface area (Å²) in [7, 11) is 0. The van der Waals surface area contributed by atoms with Crippen LogP contribution >= 0.6 is 12.6 Å². The maximum Gasteiger partial charge on any atom is 0.0628 e. The molecule has 0 saturated carbocycles. The van der Waals surface area contributed by atoms with Crippen molar-refractivity contribution in [2.75, 3.05) is 5.75 Å². The molecule has 1 atom stereocenters. The summed E-state index contributed by atoms with van der Waals surface area (Å²) in [6.45, 7) is 4.51. The van der Waals surface area contributed by atoms with Crippen molar-refractivity contribution in [1.82, 2.24) is 0 Å². The number of aliphatic hydroxyl groups is 1. The van der Waals surface area contributed by atoms with E-state index in [0.29, 0.717) is 5.75 Å². The molecule has 0 aromatic heterocycles. The van der Waals surface area contributed by atoms with Gasteiger partial charge < -0.3 is 5.11 Å². The molecule has 1 nitrogen and oxygen atoms in total. The first-order chi connectivity index (χ1) is 5.66. The minimum atomic E-state index is -0.188. The lowest BCUT2D eigenvalue weighted by Crippen LogP contribution is -2.07. The average molecular weight is 190 g/mol. The van der Waals surface area contributed by atoms with E-state index in [9.17, 15) is 5.11 Å². The van der Waals surface area contributed by atoms with E-state index in [1.54, 1.807) is 0 Å². The summed E-state index contributed by atoms with van der Waals surface area (Å²) in [6.07, 6.45) is 5.75. The van der Waals surface area contributed by atoms with Crippen LogP contribution in [-0.2, 0) is 0 Å². The molecule has 2 heteroatoms. The molecule has 0 bridgehead atoms. The summed E-state index contributed by atoms with van der Waals surface area (Å²) in [4.78, 5) is 0. The minimum absolute atomic E-state index is 0.188. The first-order valence-corrected chi connectivity index (χ1v) is 5.59. The zero-order chi connectivity index (χ0) is 9.40. The smallest absolute Gasteiger partial charge is 0.0628 e. The number of unbranched alkanes of at least 4 members (excludes halogenated alkanes) is 2. The molecule has 0 aliphatic rings. The third-order valence-electron chi connectivity index (χ3n) is 2.03. The van der Waals surface area contributed by atoms with Gasteiger partial charge >= 0.3 is 0 Å². The van der Waals surface area contributed by atoms with Crippen LogP contribution in [0.25, 0.3) is 0 Å². The van der Waals surface area contributed by atoms with Crippen molar-refractivity contribution in [3.8, 4) is 0 Å². The number of hydrogen-bond acceptors (Lipinski definition) is 2. The lowest BCUT2D eigenvalue weighted by Gasteiger charge is -2.07. The normalized spacial score (nSPS) is 13.8. The van der Waals surface area contributed by atoms with Crippen LogP contribution in [-0.4, -0.2) is 17.0 Å². The molecule has 74 valence electrons. The number of hydrogen-bond donors (Lipinski definition) is 2. The van der Waals surface area contributed by atoms with Gasteiger partial charge in [-0.05, 0) is 12.3 Å². The highest BCUT2D eigenvalue weighted by Gasteiger charge is 2.00. The van der Waals surface area contributed by atoms with Gasteiger partial charge in [-0.2, -0.15) is 12.6 Å². The summed E-state index contributed by atoms with van der Waals surface area (Å²) >= 11 is 4.02. The van der Waals surface area contributed by atoms with E-state index < -0.39 is 0 Å². The van der Waals surface area contributed by atoms with Crippen LogP contribution in [0.1, 0.15) is 46.0 Å². The SMILES string of the molecule is CC(C)CCCCCC(O)CS. The minimum Gasteiger partial charge on any atom is -0.392 e. The molecule has 12 heavy (non-hydrogen) atoms. The summed E-state index contributed by atoms with van der Waals surface area (Å²) in [5.74, 6) is 1.42. The van der Waals surface area contributed by atoms with Crippen LogP contribution in [0.2, 0.25) is 0 Å². The topological polar surface area (TPSA) is 20.2 Å². The molecule has 0 spiro atoms. The second-order valence-electron chi connectivity index (χ2n) is 3.87. The molecule has 0 aliphatic heterocycles. The van der Waals surface area contributed by atoms with Crippen LogP contribution < -0.4 is 0 Å². The van der Waals surface area contributed by atoms with E-state index >= 15 is 0 Å². The molecular formula is C10H22OS. The summed E-state index contributed by atoms with van der Waals surface area (Å²) < 4.78 is 0. The zero-order valence-corrected chi connectivity index (χ0v) is 9.19. The van der Waals surface area contributed by atoms with Crippen molar-refractivity contribution < 1.29 is 5.11 Å². The predicted octanol–water partition coefficient (Wildman–Crippen LogP) is 2.88. The van der Waals surface area contributed by atoms with Gasteiger partial charge in [0.1, 0.15) is 0 Å². The second kappa shape index (κ2) is 7.93. The van der Waals surface area contributed by atoms with Crippen molar-refractivity contribution >= 4 is 12.6 Å². The summed E-state index contributed by atoms with van der Waals surface area (Å²) in [6, 6.07) is 0. The van der Waals surface area contributed by atoms with Crippen molar-refractivity contribution in [3.05, 3.63) is 0 Å². The fourth-order valence-corrected chi connectivity index (χ4v) is 1.38. The first-order valence-electron chi connectivity index (χ1n) is 4.95. The lowest BCUT2D eigenvalue weighted by atomic mass is 10.0. The van der Waals surface area contributed by atoms with Gasteiger partial charge in [0, 0.05) is 5.75 Å². The third-order valence-corrected chi connectivity index (χ3v) is 2.45. The third kappa shape index (κ3) is 8.41. The average Bonchev–Trinajstić information content (AvgIpc) is 2.03.